The van der Waals surface area contributed by atoms with Gasteiger partial charge in [-0.15, -0.1) is 0 Å². The molecule has 5 rings (SSSR count). The number of Topliss-reactive ketones (excluding diaryl/α,β-unsaturated/α-hetero) is 1. The van der Waals surface area contributed by atoms with Crippen LogP contribution in [0.25, 0.3) is 11.3 Å². The molecule has 2 aliphatic rings. The Balaban J connectivity index is 1.43. The maximum absolute atomic E-state index is 15.0. The fourth-order valence-electron chi connectivity index (χ4n) is 5.72. The first-order chi connectivity index (χ1) is 18.1. The molecule has 4 atom stereocenters. The predicted molar refractivity (Wildman–Crippen MR) is 135 cm³/mol. The van der Waals surface area contributed by atoms with E-state index in [-0.39, 0.29) is 35.6 Å². The van der Waals surface area contributed by atoms with E-state index >= 15 is 8.78 Å². The van der Waals surface area contributed by atoms with E-state index in [1.165, 1.54) is 6.07 Å². The van der Waals surface area contributed by atoms with E-state index < -0.39 is 46.2 Å². The van der Waals surface area contributed by atoms with Crippen LogP contribution in [0.15, 0.2) is 42.7 Å². The number of pyridine rings is 2. The van der Waals surface area contributed by atoms with Crippen molar-refractivity contribution in [2.45, 2.75) is 69.1 Å². The summed E-state index contributed by atoms with van der Waals surface area (Å²) in [6.07, 6.45) is 5.31. The van der Waals surface area contributed by atoms with Gasteiger partial charge in [-0.3, -0.25) is 9.78 Å². The number of nitrogens with two attached hydrogens (primary N) is 1. The lowest BCUT2D eigenvalue weighted by Crippen LogP contribution is -2.44. The van der Waals surface area contributed by atoms with E-state index in [4.69, 9.17) is 5.73 Å². The van der Waals surface area contributed by atoms with E-state index in [9.17, 15) is 19.4 Å². The minimum atomic E-state index is -1.29. The van der Waals surface area contributed by atoms with Crippen molar-refractivity contribution in [1.82, 2.24) is 9.97 Å². The summed E-state index contributed by atoms with van der Waals surface area (Å²) in [6, 6.07) is 5.60. The third-order valence-corrected chi connectivity index (χ3v) is 8.10. The number of rotatable bonds is 6. The summed E-state index contributed by atoms with van der Waals surface area (Å²) in [7, 11) is 0. The molecule has 0 amide bonds. The van der Waals surface area contributed by atoms with Gasteiger partial charge in [-0.1, -0.05) is 6.92 Å². The van der Waals surface area contributed by atoms with Gasteiger partial charge in [0.25, 0.3) is 0 Å². The Hall–Kier alpha value is -3.14. The number of aliphatic hydroxyl groups excluding tert-OH is 1. The van der Waals surface area contributed by atoms with Crippen molar-refractivity contribution in [3.63, 3.8) is 0 Å². The molecule has 6 nitrogen and oxygen atoms in total. The number of aliphatic hydroxyl groups is 2. The van der Waals surface area contributed by atoms with Crippen molar-refractivity contribution in [2.24, 2.45) is 11.7 Å². The van der Waals surface area contributed by atoms with Crippen LogP contribution in [-0.2, 0) is 12.0 Å². The molecule has 0 saturated heterocycles. The topological polar surface area (TPSA) is 109 Å². The van der Waals surface area contributed by atoms with Crippen molar-refractivity contribution < 1.29 is 28.2 Å². The minimum absolute atomic E-state index is 0.0111. The third kappa shape index (κ3) is 4.86. The van der Waals surface area contributed by atoms with Gasteiger partial charge in [0.1, 0.15) is 28.8 Å². The van der Waals surface area contributed by atoms with Crippen molar-refractivity contribution >= 4 is 5.78 Å². The van der Waals surface area contributed by atoms with Crippen LogP contribution in [0.2, 0.25) is 0 Å². The number of benzene rings is 1. The Morgan fingerprint density at radius 2 is 1.82 bits per heavy atom. The summed E-state index contributed by atoms with van der Waals surface area (Å²) in [5, 5.41) is 20.7. The van der Waals surface area contributed by atoms with E-state index in [1.54, 1.807) is 12.4 Å². The van der Waals surface area contributed by atoms with Crippen LogP contribution in [0, 0.1) is 23.4 Å². The van der Waals surface area contributed by atoms with Crippen LogP contribution >= 0.6 is 0 Å². The van der Waals surface area contributed by atoms with Gasteiger partial charge < -0.3 is 15.9 Å². The van der Waals surface area contributed by atoms with Gasteiger partial charge >= 0.3 is 0 Å². The molecule has 1 aromatic carbocycles. The zero-order chi connectivity index (χ0) is 27.2. The van der Waals surface area contributed by atoms with E-state index in [0.717, 1.165) is 30.2 Å². The fourth-order valence-corrected chi connectivity index (χ4v) is 5.72. The van der Waals surface area contributed by atoms with Crippen molar-refractivity contribution in [2.75, 3.05) is 0 Å². The second kappa shape index (κ2) is 10.2. The monoisotopic (exact) mass is 525 g/mol. The Morgan fingerprint density at radius 1 is 1.11 bits per heavy atom. The van der Waals surface area contributed by atoms with E-state index in [1.807, 2.05) is 13.0 Å². The first-order valence-electron chi connectivity index (χ1n) is 12.9. The maximum Gasteiger partial charge on any atom is 0.185 e. The third-order valence-electron chi connectivity index (χ3n) is 8.10. The second-order valence-corrected chi connectivity index (χ2v) is 10.7. The Labute approximate surface area is 218 Å². The lowest BCUT2D eigenvalue weighted by molar-refractivity contribution is -0.0392. The number of nitrogens with zero attached hydrogens (tertiary/aromatic N) is 2. The molecule has 2 aromatic heterocycles. The van der Waals surface area contributed by atoms with Gasteiger partial charge in [0, 0.05) is 24.9 Å². The number of ketones is 1. The quantitative estimate of drug-likeness (QED) is 0.407. The molecule has 0 radical (unpaired) electrons. The molecular weight excluding hydrogens is 495 g/mol. The van der Waals surface area contributed by atoms with Crippen molar-refractivity contribution in [1.29, 1.82) is 0 Å². The smallest absolute Gasteiger partial charge is 0.185 e. The van der Waals surface area contributed by atoms with Gasteiger partial charge in [0.05, 0.1) is 17.3 Å². The molecule has 2 aliphatic carbocycles. The van der Waals surface area contributed by atoms with Crippen LogP contribution in [-0.4, -0.2) is 38.1 Å². The zero-order valence-electron chi connectivity index (χ0n) is 21.0. The number of halogens is 3. The van der Waals surface area contributed by atoms with Crippen molar-refractivity contribution in [3.05, 3.63) is 82.6 Å². The predicted octanol–water partition coefficient (Wildman–Crippen LogP) is 4.56. The molecule has 0 spiro atoms. The normalized spacial score (nSPS) is 24.6. The molecule has 0 unspecified atom stereocenters. The van der Waals surface area contributed by atoms with Gasteiger partial charge in [0.15, 0.2) is 5.78 Å². The minimum Gasteiger partial charge on any atom is -0.391 e. The standard InChI is InChI=1S/C29H30F3N3O3/c1-15-9-16(10-23(33)28(15)37)19-5-8-34-14-17(19)11-25(36)24-4-3-20(30)27(35-24)26-21(31)12-18(13-22(26)32)29(38)6-2-7-29/h3-5,8,12-16,23,28,37-38H,2,6-7,9-11,33H2,1H3/t15-,16+,23+,28+/m0/s1. The highest BCUT2D eigenvalue weighted by atomic mass is 19.1. The van der Waals surface area contributed by atoms with Gasteiger partial charge in [-0.2, -0.15) is 0 Å². The molecule has 200 valence electrons. The van der Waals surface area contributed by atoms with Gasteiger partial charge in [0.2, 0.25) is 0 Å². The molecule has 4 N–H and O–H groups in total. The second-order valence-electron chi connectivity index (χ2n) is 10.7. The summed E-state index contributed by atoms with van der Waals surface area (Å²) in [4.78, 5) is 21.4. The molecular formula is C29H30F3N3O3. The van der Waals surface area contributed by atoms with Crippen molar-refractivity contribution in [3.8, 4) is 11.3 Å². The molecule has 38 heavy (non-hydrogen) atoms. The summed E-state index contributed by atoms with van der Waals surface area (Å²) in [5.74, 6) is -3.54. The van der Waals surface area contributed by atoms with E-state index in [2.05, 4.69) is 9.97 Å². The molecule has 2 heterocycles. The number of hydrogen-bond acceptors (Lipinski definition) is 6. The highest BCUT2D eigenvalue weighted by Gasteiger charge is 2.38. The molecule has 0 aliphatic heterocycles. The molecule has 2 saturated carbocycles. The van der Waals surface area contributed by atoms with Gasteiger partial charge in [-0.05, 0) is 91.0 Å². The Bertz CT molecular complexity index is 1340. The first kappa shape index (κ1) is 26.5. The lowest BCUT2D eigenvalue weighted by Gasteiger charge is -2.37. The average molecular weight is 526 g/mol. The average Bonchev–Trinajstić information content (AvgIpc) is 2.86. The van der Waals surface area contributed by atoms with Crippen LogP contribution in [0.5, 0.6) is 0 Å². The largest absolute Gasteiger partial charge is 0.391 e. The summed E-state index contributed by atoms with van der Waals surface area (Å²) in [6.45, 7) is 1.93. The highest BCUT2D eigenvalue weighted by Crippen LogP contribution is 2.43. The van der Waals surface area contributed by atoms with Crippen LogP contribution in [0.1, 0.15) is 72.1 Å². The van der Waals surface area contributed by atoms with Gasteiger partial charge in [-0.25, -0.2) is 18.2 Å². The van der Waals surface area contributed by atoms with Crippen LogP contribution in [0.3, 0.4) is 0 Å². The Morgan fingerprint density at radius 3 is 2.45 bits per heavy atom. The zero-order valence-corrected chi connectivity index (χ0v) is 21.0. The van der Waals surface area contributed by atoms with E-state index in [0.29, 0.717) is 31.2 Å². The summed E-state index contributed by atoms with van der Waals surface area (Å²) >= 11 is 0. The number of carbonyl (C=O) groups is 1. The highest BCUT2D eigenvalue weighted by molar-refractivity contribution is 5.96. The summed E-state index contributed by atoms with van der Waals surface area (Å²) in [5.41, 5.74) is 5.07. The lowest BCUT2D eigenvalue weighted by atomic mass is 9.74. The summed E-state index contributed by atoms with van der Waals surface area (Å²) < 4.78 is 44.8. The number of carbonyl (C=O) groups excluding carboxylic acids is 1. The first-order valence-corrected chi connectivity index (χ1v) is 12.9. The molecule has 0 bridgehead atoms. The SMILES string of the molecule is C[C@H]1C[C@@H](c2ccncc2CC(=O)c2ccc(F)c(-c3c(F)cc(C4(O)CCC4)cc3F)n2)C[C@@H](N)[C@@H]1O. The Kier molecular flexibility index (Phi) is 7.11. The fraction of sp³-hybridized carbons (Fsp3) is 0.414. The molecule has 3 aromatic rings. The number of hydrogen-bond donors (Lipinski definition) is 3. The molecule has 9 heteroatoms. The number of aromatic nitrogens is 2. The molecule has 2 fully saturated rings. The maximum atomic E-state index is 15.0. The van der Waals surface area contributed by atoms with Crippen LogP contribution < -0.4 is 5.73 Å². The van der Waals surface area contributed by atoms with Crippen LogP contribution in [0.4, 0.5) is 13.2 Å².